The number of hydrogen-bond acceptors (Lipinski definition) is 3. The summed E-state index contributed by atoms with van der Waals surface area (Å²) in [6.45, 7) is 8.66. The summed E-state index contributed by atoms with van der Waals surface area (Å²) in [5.41, 5.74) is 0. The van der Waals surface area contributed by atoms with E-state index >= 15 is 0 Å². The largest absolute Gasteiger partial charge is 0.343 e. The predicted molar refractivity (Wildman–Crippen MR) is 75.7 cm³/mol. The number of nitrogens with zero attached hydrogens (tertiary/aromatic N) is 2. The third kappa shape index (κ3) is 3.69. The Morgan fingerprint density at radius 3 is 2.32 bits per heavy atom. The number of amides is 2. The lowest BCUT2D eigenvalue weighted by atomic mass is 9.95. The molecule has 1 aliphatic rings. The molecule has 0 saturated carbocycles. The van der Waals surface area contributed by atoms with Crippen LogP contribution in [0.15, 0.2) is 0 Å². The number of nitrogens with one attached hydrogen (secondary N) is 1. The maximum absolute atomic E-state index is 12.4. The molecule has 3 unspecified atom stereocenters. The van der Waals surface area contributed by atoms with Crippen molar-refractivity contribution < 1.29 is 9.59 Å². The third-order valence-electron chi connectivity index (χ3n) is 3.65. The lowest BCUT2D eigenvalue weighted by molar-refractivity contribution is -0.153. The van der Waals surface area contributed by atoms with Crippen LogP contribution in [0, 0.1) is 5.92 Å². The lowest BCUT2D eigenvalue weighted by Crippen LogP contribution is -2.66. The van der Waals surface area contributed by atoms with Crippen molar-refractivity contribution in [2.45, 2.75) is 52.2 Å². The zero-order chi connectivity index (χ0) is 14.7. The fourth-order valence-electron chi connectivity index (χ4n) is 2.55. The van der Waals surface area contributed by atoms with Crippen LogP contribution in [0.25, 0.3) is 0 Å². The van der Waals surface area contributed by atoms with Crippen LogP contribution >= 0.6 is 0 Å². The van der Waals surface area contributed by atoms with Gasteiger partial charge in [0.25, 0.3) is 0 Å². The van der Waals surface area contributed by atoms with E-state index in [1.807, 2.05) is 34.9 Å². The molecule has 110 valence electrons. The van der Waals surface area contributed by atoms with Crippen molar-refractivity contribution >= 4 is 11.8 Å². The van der Waals surface area contributed by atoms with Gasteiger partial charge in [-0.15, -0.1) is 0 Å². The molecule has 5 nitrogen and oxygen atoms in total. The molecular weight excluding hydrogens is 242 g/mol. The molecule has 1 aliphatic heterocycles. The van der Waals surface area contributed by atoms with Gasteiger partial charge < -0.3 is 15.1 Å². The van der Waals surface area contributed by atoms with Crippen molar-refractivity contribution in [3.63, 3.8) is 0 Å². The van der Waals surface area contributed by atoms with E-state index in [-0.39, 0.29) is 29.8 Å². The molecule has 0 aromatic carbocycles. The molecule has 0 bridgehead atoms. The molecule has 0 aromatic heterocycles. The molecular formula is C14H27N3O2. The Labute approximate surface area is 116 Å². The number of carbonyl (C=O) groups excluding carboxylic acids is 2. The number of piperazine rings is 1. The Kier molecular flexibility index (Phi) is 5.35. The maximum Gasteiger partial charge on any atom is 0.245 e. The van der Waals surface area contributed by atoms with Crippen molar-refractivity contribution in [3.8, 4) is 0 Å². The van der Waals surface area contributed by atoms with Crippen LogP contribution in [0.4, 0.5) is 0 Å². The molecule has 0 radical (unpaired) electrons. The highest BCUT2D eigenvalue weighted by atomic mass is 16.2. The number of rotatable bonds is 5. The predicted octanol–water partition coefficient (Wildman–Crippen LogP) is 0.698. The summed E-state index contributed by atoms with van der Waals surface area (Å²) in [5.74, 6) is 0.126. The summed E-state index contributed by atoms with van der Waals surface area (Å²) in [6, 6.07) is -0.680. The first-order valence-electron chi connectivity index (χ1n) is 7.03. The van der Waals surface area contributed by atoms with Crippen molar-refractivity contribution in [3.05, 3.63) is 0 Å². The molecule has 1 fully saturated rings. The average Bonchev–Trinajstić information content (AvgIpc) is 2.29. The second-order valence-corrected chi connectivity index (χ2v) is 6.11. The van der Waals surface area contributed by atoms with Crippen LogP contribution < -0.4 is 5.32 Å². The minimum Gasteiger partial charge on any atom is -0.343 e. The van der Waals surface area contributed by atoms with Gasteiger partial charge >= 0.3 is 0 Å². The minimum absolute atomic E-state index is 0.0289. The van der Waals surface area contributed by atoms with Gasteiger partial charge in [0.15, 0.2) is 0 Å². The highest BCUT2D eigenvalue weighted by Gasteiger charge is 2.42. The van der Waals surface area contributed by atoms with Gasteiger partial charge in [-0.3, -0.25) is 9.59 Å². The molecule has 0 spiro atoms. The monoisotopic (exact) mass is 269 g/mol. The average molecular weight is 269 g/mol. The normalized spacial score (nSPS) is 26.0. The summed E-state index contributed by atoms with van der Waals surface area (Å²) in [7, 11) is 4.03. The minimum atomic E-state index is -0.413. The molecule has 1 saturated heterocycles. The van der Waals surface area contributed by atoms with Crippen molar-refractivity contribution in [2.75, 3.05) is 20.6 Å². The van der Waals surface area contributed by atoms with Crippen LogP contribution in [0.3, 0.4) is 0 Å². The molecule has 3 atom stereocenters. The van der Waals surface area contributed by atoms with Crippen molar-refractivity contribution in [1.82, 2.24) is 15.1 Å². The summed E-state index contributed by atoms with van der Waals surface area (Å²) in [6.07, 6.45) is 0.877. The van der Waals surface area contributed by atoms with Gasteiger partial charge in [0.2, 0.25) is 11.8 Å². The molecule has 0 aliphatic carbocycles. The molecule has 1 N–H and O–H groups in total. The van der Waals surface area contributed by atoms with E-state index in [0.717, 1.165) is 13.0 Å². The van der Waals surface area contributed by atoms with Gasteiger partial charge in [0, 0.05) is 6.04 Å². The van der Waals surface area contributed by atoms with Crippen molar-refractivity contribution in [1.29, 1.82) is 0 Å². The fraction of sp³-hybridized carbons (Fsp3) is 0.857. The SMILES string of the molecule is CC1NC(=O)C(C(C)C)N(C(C)CCN(C)C)C1=O. The Bertz CT molecular complexity index is 342. The van der Waals surface area contributed by atoms with E-state index in [0.29, 0.717) is 0 Å². The quantitative estimate of drug-likeness (QED) is 0.799. The molecule has 0 aromatic rings. The molecule has 1 rings (SSSR count). The topological polar surface area (TPSA) is 52.7 Å². The van der Waals surface area contributed by atoms with Gasteiger partial charge in [0.1, 0.15) is 12.1 Å². The Hall–Kier alpha value is -1.10. The van der Waals surface area contributed by atoms with Crippen LogP contribution in [-0.4, -0.2) is 60.4 Å². The smallest absolute Gasteiger partial charge is 0.245 e. The van der Waals surface area contributed by atoms with Crippen LogP contribution in [-0.2, 0) is 9.59 Å². The van der Waals surface area contributed by atoms with E-state index in [9.17, 15) is 9.59 Å². The van der Waals surface area contributed by atoms with Gasteiger partial charge in [-0.1, -0.05) is 13.8 Å². The number of hydrogen-bond donors (Lipinski definition) is 1. The van der Waals surface area contributed by atoms with Gasteiger partial charge in [-0.2, -0.15) is 0 Å². The Morgan fingerprint density at radius 1 is 1.26 bits per heavy atom. The van der Waals surface area contributed by atoms with Gasteiger partial charge in [-0.25, -0.2) is 0 Å². The third-order valence-corrected chi connectivity index (χ3v) is 3.65. The fourth-order valence-corrected chi connectivity index (χ4v) is 2.55. The summed E-state index contributed by atoms with van der Waals surface area (Å²) >= 11 is 0. The van der Waals surface area contributed by atoms with Gasteiger partial charge in [0.05, 0.1) is 0 Å². The van der Waals surface area contributed by atoms with E-state index < -0.39 is 6.04 Å². The van der Waals surface area contributed by atoms with Crippen LogP contribution in [0.1, 0.15) is 34.1 Å². The summed E-state index contributed by atoms with van der Waals surface area (Å²) in [4.78, 5) is 28.4. The zero-order valence-electron chi connectivity index (χ0n) is 12.9. The lowest BCUT2D eigenvalue weighted by Gasteiger charge is -2.43. The standard InChI is InChI=1S/C14H27N3O2/c1-9(2)12-13(18)15-11(4)14(19)17(12)10(3)7-8-16(5)6/h9-12H,7-8H2,1-6H3,(H,15,18). The zero-order valence-corrected chi connectivity index (χ0v) is 12.9. The molecule has 5 heteroatoms. The Morgan fingerprint density at radius 2 is 1.84 bits per heavy atom. The Balaban J connectivity index is 2.88. The maximum atomic E-state index is 12.4. The first-order chi connectivity index (χ1) is 8.75. The molecule has 2 amide bonds. The second kappa shape index (κ2) is 6.37. The summed E-state index contributed by atoms with van der Waals surface area (Å²) in [5, 5.41) is 2.77. The number of carbonyl (C=O) groups is 2. The molecule has 1 heterocycles. The second-order valence-electron chi connectivity index (χ2n) is 6.11. The van der Waals surface area contributed by atoms with E-state index in [4.69, 9.17) is 0 Å². The first-order valence-corrected chi connectivity index (χ1v) is 7.03. The highest BCUT2D eigenvalue weighted by Crippen LogP contribution is 2.21. The highest BCUT2D eigenvalue weighted by molar-refractivity contribution is 5.97. The molecule has 19 heavy (non-hydrogen) atoms. The summed E-state index contributed by atoms with van der Waals surface area (Å²) < 4.78 is 0. The van der Waals surface area contributed by atoms with E-state index in [2.05, 4.69) is 10.2 Å². The van der Waals surface area contributed by atoms with E-state index in [1.54, 1.807) is 11.8 Å². The van der Waals surface area contributed by atoms with E-state index in [1.165, 1.54) is 0 Å². The van der Waals surface area contributed by atoms with Crippen LogP contribution in [0.5, 0.6) is 0 Å². The van der Waals surface area contributed by atoms with Crippen LogP contribution in [0.2, 0.25) is 0 Å². The van der Waals surface area contributed by atoms with Crippen molar-refractivity contribution in [2.24, 2.45) is 5.92 Å². The van der Waals surface area contributed by atoms with Gasteiger partial charge in [-0.05, 0) is 46.8 Å². The first kappa shape index (κ1) is 16.0.